The summed E-state index contributed by atoms with van der Waals surface area (Å²) >= 11 is 8.74. The van der Waals surface area contributed by atoms with Crippen LogP contribution in [0.25, 0.3) is 0 Å². The first-order valence-electron chi connectivity index (χ1n) is 7.88. The van der Waals surface area contributed by atoms with Crippen molar-refractivity contribution in [2.45, 2.75) is 17.3 Å². The van der Waals surface area contributed by atoms with E-state index in [1.165, 1.54) is 55.3 Å². The number of sulfonamides is 1. The monoisotopic (exact) mass is 462 g/mol. The van der Waals surface area contributed by atoms with Gasteiger partial charge in [-0.25, -0.2) is 8.42 Å². The van der Waals surface area contributed by atoms with E-state index in [1.54, 1.807) is 6.08 Å². The molecule has 0 saturated heterocycles. The molecule has 152 valence electrons. The van der Waals surface area contributed by atoms with Gasteiger partial charge >= 0.3 is 0 Å². The molecule has 0 fully saturated rings. The van der Waals surface area contributed by atoms with Crippen LogP contribution in [0.4, 0.5) is 10.8 Å². The molecule has 1 amide bonds. The van der Waals surface area contributed by atoms with E-state index >= 15 is 0 Å². The first kappa shape index (κ1) is 22.5. The normalized spacial score (nSPS) is 12.3. The van der Waals surface area contributed by atoms with Crippen LogP contribution < -0.4 is 14.4 Å². The van der Waals surface area contributed by atoms with E-state index in [2.05, 4.69) is 22.1 Å². The number of rotatable bonds is 9. The van der Waals surface area contributed by atoms with Gasteiger partial charge in [-0.3, -0.25) is 14.4 Å². The number of thioether (sulfide) groups is 1. The Bertz CT molecular complexity index is 965. The number of hydrogen-bond acceptors (Lipinski definition) is 8. The second-order valence-electron chi connectivity index (χ2n) is 5.52. The maximum absolute atomic E-state index is 12.6. The van der Waals surface area contributed by atoms with Crippen molar-refractivity contribution in [1.29, 1.82) is 0 Å². The first-order valence-corrected chi connectivity index (χ1v) is 11.9. The van der Waals surface area contributed by atoms with Gasteiger partial charge in [0.1, 0.15) is 11.8 Å². The molecule has 0 aliphatic carbocycles. The van der Waals surface area contributed by atoms with Gasteiger partial charge in [0.2, 0.25) is 21.1 Å². The number of benzene rings is 1. The van der Waals surface area contributed by atoms with Crippen molar-refractivity contribution < 1.29 is 17.9 Å². The lowest BCUT2D eigenvalue weighted by Crippen LogP contribution is -2.45. The highest BCUT2D eigenvalue weighted by Gasteiger charge is 2.30. The number of ether oxygens (including phenoxy) is 1. The molecule has 0 aliphatic rings. The Morgan fingerprint density at radius 3 is 2.79 bits per heavy atom. The molecule has 1 aromatic heterocycles. The SMILES string of the molecule is C=CCSc1nnc(NC(=O)[C@@H](C)N(c2ccc(OC)c(Cl)c2)S(C)(=O)=O)s1. The molecule has 0 radical (unpaired) electrons. The number of halogens is 1. The van der Waals surface area contributed by atoms with Crippen molar-refractivity contribution in [2.24, 2.45) is 0 Å². The molecule has 1 atom stereocenters. The highest BCUT2D eigenvalue weighted by atomic mass is 35.5. The molecule has 28 heavy (non-hydrogen) atoms. The van der Waals surface area contributed by atoms with Gasteiger partial charge in [-0.2, -0.15) is 0 Å². The second kappa shape index (κ2) is 9.59. The molecule has 0 saturated carbocycles. The summed E-state index contributed by atoms with van der Waals surface area (Å²) in [6.45, 7) is 5.10. The maximum Gasteiger partial charge on any atom is 0.249 e. The van der Waals surface area contributed by atoms with Crippen molar-refractivity contribution in [3.63, 3.8) is 0 Å². The van der Waals surface area contributed by atoms with Crippen molar-refractivity contribution in [3.8, 4) is 5.75 Å². The average Bonchev–Trinajstić information content (AvgIpc) is 3.06. The number of carbonyl (C=O) groups is 1. The van der Waals surface area contributed by atoms with E-state index in [0.717, 1.165) is 10.6 Å². The fourth-order valence-electron chi connectivity index (χ4n) is 2.26. The summed E-state index contributed by atoms with van der Waals surface area (Å²) in [7, 11) is -2.32. The van der Waals surface area contributed by atoms with E-state index in [-0.39, 0.29) is 15.8 Å². The largest absolute Gasteiger partial charge is 0.495 e. The minimum absolute atomic E-state index is 0.231. The number of aromatic nitrogens is 2. The molecule has 1 heterocycles. The number of anilines is 2. The summed E-state index contributed by atoms with van der Waals surface area (Å²) in [5.41, 5.74) is 0.246. The molecule has 0 aliphatic heterocycles. The summed E-state index contributed by atoms with van der Waals surface area (Å²) in [6.07, 6.45) is 2.75. The predicted molar refractivity (Wildman–Crippen MR) is 114 cm³/mol. The predicted octanol–water partition coefficient (Wildman–Crippen LogP) is 3.27. The van der Waals surface area contributed by atoms with Crippen LogP contribution in [-0.2, 0) is 14.8 Å². The average molecular weight is 463 g/mol. The quantitative estimate of drug-likeness (QED) is 0.346. The molecule has 8 nitrogen and oxygen atoms in total. The minimum Gasteiger partial charge on any atom is -0.495 e. The molecule has 0 unspecified atom stereocenters. The van der Waals surface area contributed by atoms with Crippen molar-refractivity contribution in [2.75, 3.05) is 28.7 Å². The van der Waals surface area contributed by atoms with E-state index in [9.17, 15) is 13.2 Å². The number of methoxy groups -OCH3 is 1. The van der Waals surface area contributed by atoms with Crippen LogP contribution in [0.15, 0.2) is 35.2 Å². The van der Waals surface area contributed by atoms with Crippen molar-refractivity contribution in [3.05, 3.63) is 35.9 Å². The van der Waals surface area contributed by atoms with Gasteiger partial charge < -0.3 is 4.74 Å². The number of amides is 1. The van der Waals surface area contributed by atoms with Crippen molar-refractivity contribution in [1.82, 2.24) is 10.2 Å². The van der Waals surface area contributed by atoms with E-state index in [4.69, 9.17) is 16.3 Å². The molecule has 0 bridgehead atoms. The molecular formula is C16H19ClN4O4S3. The second-order valence-corrected chi connectivity index (χ2v) is 10.0. The summed E-state index contributed by atoms with van der Waals surface area (Å²) in [5, 5.41) is 11.0. The number of carbonyl (C=O) groups excluding carboxylic acids is 1. The molecule has 2 rings (SSSR count). The summed E-state index contributed by atoms with van der Waals surface area (Å²) in [5.74, 6) is 0.516. The third-order valence-electron chi connectivity index (χ3n) is 3.44. The smallest absolute Gasteiger partial charge is 0.249 e. The lowest BCUT2D eigenvalue weighted by Gasteiger charge is -2.28. The van der Waals surface area contributed by atoms with Gasteiger partial charge in [-0.15, -0.1) is 16.8 Å². The number of hydrogen-bond donors (Lipinski definition) is 1. The highest BCUT2D eigenvalue weighted by molar-refractivity contribution is 8.01. The molecule has 0 spiro atoms. The summed E-state index contributed by atoms with van der Waals surface area (Å²) in [6, 6.07) is 3.44. The molecule has 1 N–H and O–H groups in total. The third kappa shape index (κ3) is 5.60. The van der Waals surface area contributed by atoms with Crippen molar-refractivity contribution >= 4 is 61.4 Å². The lowest BCUT2D eigenvalue weighted by atomic mass is 10.2. The molecule has 12 heteroatoms. The Morgan fingerprint density at radius 1 is 1.50 bits per heavy atom. The molecule has 1 aromatic carbocycles. The van der Waals surface area contributed by atoms with Crippen LogP contribution in [0.2, 0.25) is 5.02 Å². The number of nitrogens with zero attached hydrogens (tertiary/aromatic N) is 3. The number of nitrogens with one attached hydrogen (secondary N) is 1. The Morgan fingerprint density at radius 2 is 2.21 bits per heavy atom. The van der Waals surface area contributed by atoms with Gasteiger partial charge in [-0.1, -0.05) is 40.8 Å². The fraction of sp³-hybridized carbons (Fsp3) is 0.312. The zero-order chi connectivity index (χ0) is 20.9. The van der Waals surface area contributed by atoms with Gasteiger partial charge in [0.05, 0.1) is 24.1 Å². The standard InChI is InChI=1S/C16H19ClN4O4S3/c1-5-8-26-16-20-19-15(27-16)18-14(22)10(2)21(28(4,23)24)11-6-7-13(25-3)12(17)9-11/h5-7,9-10H,1,8H2,2-4H3,(H,18,19,22)/t10-/m1/s1. The first-order chi connectivity index (χ1) is 13.2. The Hall–Kier alpha value is -1.82. The van der Waals surface area contributed by atoms with Crippen LogP contribution in [-0.4, -0.2) is 49.7 Å². The summed E-state index contributed by atoms with van der Waals surface area (Å²) in [4.78, 5) is 12.6. The molecule has 2 aromatic rings. The lowest BCUT2D eigenvalue weighted by molar-refractivity contribution is -0.116. The van der Waals surface area contributed by atoms with Gasteiger partial charge in [0.15, 0.2) is 4.34 Å². The zero-order valence-corrected chi connectivity index (χ0v) is 18.6. The van der Waals surface area contributed by atoms with Crippen LogP contribution in [0.5, 0.6) is 5.75 Å². The third-order valence-corrected chi connectivity index (χ3v) is 6.94. The summed E-state index contributed by atoms with van der Waals surface area (Å²) < 4.78 is 31.4. The topological polar surface area (TPSA) is 101 Å². The fourth-order valence-corrected chi connectivity index (χ4v) is 5.19. The Balaban J connectivity index is 2.24. The maximum atomic E-state index is 12.6. The van der Waals surface area contributed by atoms with Gasteiger partial charge in [-0.05, 0) is 25.1 Å². The highest BCUT2D eigenvalue weighted by Crippen LogP contribution is 2.32. The van der Waals surface area contributed by atoms with E-state index < -0.39 is 22.0 Å². The van der Waals surface area contributed by atoms with E-state index in [0.29, 0.717) is 15.8 Å². The van der Waals surface area contributed by atoms with E-state index in [1.807, 2.05) is 0 Å². The minimum atomic E-state index is -3.77. The van der Waals surface area contributed by atoms with Crippen LogP contribution in [0, 0.1) is 0 Å². The van der Waals surface area contributed by atoms with Crippen LogP contribution in [0.3, 0.4) is 0 Å². The molecular weight excluding hydrogens is 444 g/mol. The van der Waals surface area contributed by atoms with Crippen LogP contribution >= 0.6 is 34.7 Å². The van der Waals surface area contributed by atoms with Crippen LogP contribution in [0.1, 0.15) is 6.92 Å². The Labute approximate surface area is 177 Å². The van der Waals surface area contributed by atoms with Gasteiger partial charge in [0.25, 0.3) is 0 Å². The zero-order valence-electron chi connectivity index (χ0n) is 15.4. The van der Waals surface area contributed by atoms with Gasteiger partial charge in [0, 0.05) is 5.75 Å². The Kier molecular flexibility index (Phi) is 7.70.